The number of aromatic nitrogens is 2. The van der Waals surface area contributed by atoms with Crippen LogP contribution < -0.4 is 10.6 Å². The molecule has 2 rings (SSSR count). The lowest BCUT2D eigenvalue weighted by molar-refractivity contribution is 0.0939. The Morgan fingerprint density at radius 1 is 1.04 bits per heavy atom. The van der Waals surface area contributed by atoms with Gasteiger partial charge in [-0.15, -0.1) is 0 Å². The maximum atomic E-state index is 12.1. The number of amides is 2. The van der Waals surface area contributed by atoms with Crippen LogP contribution >= 0.6 is 0 Å². The number of carbonyl (C=O) groups excluding carboxylic acids is 2. The standard InChI is InChI=1S/C19H26N4O2/c1-3-5-11-20-18(24)15-9-7-14(8-10-15)13-21-19(25)17-12-16(6-4-2)22-23-17/h7-10,12H,3-6,11,13H2,1-2H3,(H,20,24)(H,21,25)(H,22,23). The van der Waals surface area contributed by atoms with Crippen molar-refractivity contribution >= 4 is 11.8 Å². The molecule has 25 heavy (non-hydrogen) atoms. The molecule has 6 nitrogen and oxygen atoms in total. The summed E-state index contributed by atoms with van der Waals surface area (Å²) in [7, 11) is 0. The fourth-order valence-electron chi connectivity index (χ4n) is 2.40. The summed E-state index contributed by atoms with van der Waals surface area (Å²) in [4.78, 5) is 24.0. The Labute approximate surface area is 148 Å². The van der Waals surface area contributed by atoms with E-state index in [2.05, 4.69) is 34.7 Å². The van der Waals surface area contributed by atoms with E-state index in [9.17, 15) is 9.59 Å². The molecule has 0 saturated heterocycles. The molecular weight excluding hydrogens is 316 g/mol. The molecule has 1 heterocycles. The third-order valence-corrected chi connectivity index (χ3v) is 3.87. The van der Waals surface area contributed by atoms with Crippen LogP contribution in [0.5, 0.6) is 0 Å². The molecule has 0 fully saturated rings. The molecule has 0 aliphatic carbocycles. The van der Waals surface area contributed by atoms with Crippen LogP contribution in [0.4, 0.5) is 0 Å². The van der Waals surface area contributed by atoms with Crippen LogP contribution in [-0.4, -0.2) is 28.6 Å². The molecule has 0 unspecified atom stereocenters. The van der Waals surface area contributed by atoms with Crippen LogP contribution in [0, 0.1) is 0 Å². The first-order chi connectivity index (χ1) is 12.1. The first-order valence-electron chi connectivity index (χ1n) is 8.83. The summed E-state index contributed by atoms with van der Waals surface area (Å²) in [6, 6.07) is 9.03. The van der Waals surface area contributed by atoms with Gasteiger partial charge in [-0.2, -0.15) is 5.10 Å². The highest BCUT2D eigenvalue weighted by Gasteiger charge is 2.10. The number of H-pyrrole nitrogens is 1. The molecule has 1 aromatic heterocycles. The monoisotopic (exact) mass is 342 g/mol. The van der Waals surface area contributed by atoms with Crippen molar-refractivity contribution in [3.05, 3.63) is 52.8 Å². The lowest BCUT2D eigenvalue weighted by atomic mass is 10.1. The zero-order chi connectivity index (χ0) is 18.1. The van der Waals surface area contributed by atoms with Crippen molar-refractivity contribution in [1.29, 1.82) is 0 Å². The quantitative estimate of drug-likeness (QED) is 0.612. The number of nitrogens with zero attached hydrogens (tertiary/aromatic N) is 1. The van der Waals surface area contributed by atoms with Crippen molar-refractivity contribution in [3.8, 4) is 0 Å². The number of aromatic amines is 1. The second kappa shape index (κ2) is 9.61. The van der Waals surface area contributed by atoms with E-state index >= 15 is 0 Å². The Bertz CT molecular complexity index is 692. The van der Waals surface area contributed by atoms with Gasteiger partial charge in [-0.3, -0.25) is 14.7 Å². The average Bonchev–Trinajstić information content (AvgIpc) is 3.09. The summed E-state index contributed by atoms with van der Waals surface area (Å²) < 4.78 is 0. The Kier molecular flexibility index (Phi) is 7.19. The van der Waals surface area contributed by atoms with Crippen molar-refractivity contribution < 1.29 is 9.59 Å². The summed E-state index contributed by atoms with van der Waals surface area (Å²) in [6.07, 6.45) is 3.90. The predicted molar refractivity (Wildman–Crippen MR) is 97.4 cm³/mol. The maximum absolute atomic E-state index is 12.1. The van der Waals surface area contributed by atoms with Crippen LogP contribution in [0.15, 0.2) is 30.3 Å². The Balaban J connectivity index is 1.84. The molecule has 0 aliphatic heterocycles. The van der Waals surface area contributed by atoms with Crippen molar-refractivity contribution in [1.82, 2.24) is 20.8 Å². The number of carbonyl (C=O) groups is 2. The summed E-state index contributed by atoms with van der Waals surface area (Å²) in [5, 5.41) is 12.6. The highest BCUT2D eigenvalue weighted by atomic mass is 16.2. The molecule has 3 N–H and O–H groups in total. The van der Waals surface area contributed by atoms with Crippen molar-refractivity contribution in [3.63, 3.8) is 0 Å². The van der Waals surface area contributed by atoms with Gasteiger partial charge in [0.2, 0.25) is 0 Å². The second-order valence-electron chi connectivity index (χ2n) is 6.02. The van der Waals surface area contributed by atoms with E-state index in [0.717, 1.165) is 36.9 Å². The SMILES string of the molecule is CCCCNC(=O)c1ccc(CNC(=O)c2cc(CCC)[nH]n2)cc1. The van der Waals surface area contributed by atoms with Gasteiger partial charge in [0.15, 0.2) is 0 Å². The largest absolute Gasteiger partial charge is 0.352 e. The van der Waals surface area contributed by atoms with Gasteiger partial charge >= 0.3 is 0 Å². The van der Waals surface area contributed by atoms with Gasteiger partial charge in [0.25, 0.3) is 11.8 Å². The molecule has 2 amide bonds. The first-order valence-corrected chi connectivity index (χ1v) is 8.83. The number of unbranched alkanes of at least 4 members (excludes halogenated alkanes) is 1. The van der Waals surface area contributed by atoms with Gasteiger partial charge in [0, 0.05) is 24.3 Å². The van der Waals surface area contributed by atoms with E-state index in [-0.39, 0.29) is 11.8 Å². The minimum Gasteiger partial charge on any atom is -0.352 e. The fourth-order valence-corrected chi connectivity index (χ4v) is 2.40. The van der Waals surface area contributed by atoms with Crippen LogP contribution in [0.3, 0.4) is 0 Å². The normalized spacial score (nSPS) is 10.5. The van der Waals surface area contributed by atoms with E-state index in [1.54, 1.807) is 18.2 Å². The topological polar surface area (TPSA) is 86.9 Å². The number of aryl methyl sites for hydroxylation is 1. The van der Waals surface area contributed by atoms with E-state index < -0.39 is 0 Å². The van der Waals surface area contributed by atoms with Gasteiger partial charge < -0.3 is 10.6 Å². The van der Waals surface area contributed by atoms with Crippen molar-refractivity contribution in [2.75, 3.05) is 6.54 Å². The molecule has 2 aromatic rings. The molecule has 0 bridgehead atoms. The minimum absolute atomic E-state index is 0.0657. The average molecular weight is 342 g/mol. The van der Waals surface area contributed by atoms with Crippen molar-refractivity contribution in [2.24, 2.45) is 0 Å². The van der Waals surface area contributed by atoms with E-state index in [1.165, 1.54) is 0 Å². The number of rotatable bonds is 9. The highest BCUT2D eigenvalue weighted by molar-refractivity contribution is 5.94. The molecule has 0 atom stereocenters. The number of hydrogen-bond donors (Lipinski definition) is 3. The zero-order valence-corrected chi connectivity index (χ0v) is 14.9. The maximum Gasteiger partial charge on any atom is 0.272 e. The second-order valence-corrected chi connectivity index (χ2v) is 6.02. The summed E-state index contributed by atoms with van der Waals surface area (Å²) in [5.41, 5.74) is 2.92. The van der Waals surface area contributed by atoms with Crippen LogP contribution in [0.1, 0.15) is 65.2 Å². The number of hydrogen-bond acceptors (Lipinski definition) is 3. The van der Waals surface area contributed by atoms with E-state index in [4.69, 9.17) is 0 Å². The molecular formula is C19H26N4O2. The van der Waals surface area contributed by atoms with Gasteiger partial charge in [0.05, 0.1) is 0 Å². The van der Waals surface area contributed by atoms with E-state index in [0.29, 0.717) is 24.3 Å². The lowest BCUT2D eigenvalue weighted by Gasteiger charge is -2.06. The summed E-state index contributed by atoms with van der Waals surface area (Å²) in [5.74, 6) is -0.274. The van der Waals surface area contributed by atoms with Gasteiger partial charge in [-0.05, 0) is 36.6 Å². The number of nitrogens with one attached hydrogen (secondary N) is 3. The Morgan fingerprint density at radius 2 is 1.80 bits per heavy atom. The van der Waals surface area contributed by atoms with Gasteiger partial charge in [0.1, 0.15) is 5.69 Å². The predicted octanol–water partition coefficient (Wildman–Crippen LogP) is 2.82. The lowest BCUT2D eigenvalue weighted by Crippen LogP contribution is -2.25. The van der Waals surface area contributed by atoms with Gasteiger partial charge in [-0.25, -0.2) is 0 Å². The third kappa shape index (κ3) is 5.74. The molecule has 6 heteroatoms. The smallest absolute Gasteiger partial charge is 0.272 e. The summed E-state index contributed by atoms with van der Waals surface area (Å²) in [6.45, 7) is 5.25. The van der Waals surface area contributed by atoms with E-state index in [1.807, 2.05) is 12.1 Å². The highest BCUT2D eigenvalue weighted by Crippen LogP contribution is 2.06. The summed E-state index contributed by atoms with van der Waals surface area (Å²) >= 11 is 0. The molecule has 0 radical (unpaired) electrons. The molecule has 134 valence electrons. The minimum atomic E-state index is -0.208. The number of benzene rings is 1. The zero-order valence-electron chi connectivity index (χ0n) is 14.9. The van der Waals surface area contributed by atoms with Gasteiger partial charge in [-0.1, -0.05) is 38.8 Å². The van der Waals surface area contributed by atoms with Crippen LogP contribution in [-0.2, 0) is 13.0 Å². The van der Waals surface area contributed by atoms with Crippen LogP contribution in [0.2, 0.25) is 0 Å². The Hall–Kier alpha value is -2.63. The molecule has 1 aromatic carbocycles. The fraction of sp³-hybridized carbons (Fsp3) is 0.421. The van der Waals surface area contributed by atoms with Crippen LogP contribution in [0.25, 0.3) is 0 Å². The van der Waals surface area contributed by atoms with Crippen molar-refractivity contribution in [2.45, 2.75) is 46.1 Å². The molecule has 0 aliphatic rings. The third-order valence-electron chi connectivity index (χ3n) is 3.87. The first kappa shape index (κ1) is 18.7. The Morgan fingerprint density at radius 3 is 2.48 bits per heavy atom. The molecule has 0 saturated carbocycles. The molecule has 0 spiro atoms.